The van der Waals surface area contributed by atoms with Gasteiger partial charge in [-0.1, -0.05) is 23.8 Å². The summed E-state index contributed by atoms with van der Waals surface area (Å²) in [4.78, 5) is 18.1. The zero-order valence-electron chi connectivity index (χ0n) is 12.9. The Balaban J connectivity index is 0.000000196. The predicted octanol–water partition coefficient (Wildman–Crippen LogP) is 4.07. The van der Waals surface area contributed by atoms with Gasteiger partial charge in [-0.3, -0.25) is 4.98 Å². The van der Waals surface area contributed by atoms with Crippen molar-refractivity contribution in [2.24, 2.45) is 0 Å². The maximum Gasteiger partial charge on any atom is 0.354 e. The number of carbonyl (C=O) groups is 1. The van der Waals surface area contributed by atoms with Crippen LogP contribution in [-0.4, -0.2) is 21.0 Å². The van der Waals surface area contributed by atoms with Gasteiger partial charge in [0.05, 0.1) is 5.52 Å². The van der Waals surface area contributed by atoms with Crippen LogP contribution in [0, 0.1) is 6.07 Å². The summed E-state index contributed by atoms with van der Waals surface area (Å²) in [6.07, 6.45) is 1.45. The minimum atomic E-state index is -0.990. The molecule has 0 aliphatic rings. The Kier molecular flexibility index (Phi) is 6.55. The summed E-state index contributed by atoms with van der Waals surface area (Å²) < 4.78 is 5.61. The molecule has 0 atom stereocenters. The number of hydrogen-bond acceptors (Lipinski definition) is 4. The Labute approximate surface area is 157 Å². The zero-order chi connectivity index (χ0) is 16.8. The van der Waals surface area contributed by atoms with Gasteiger partial charge < -0.3 is 9.52 Å². The first-order valence-electron chi connectivity index (χ1n) is 7.21. The van der Waals surface area contributed by atoms with Crippen molar-refractivity contribution in [3.8, 4) is 11.5 Å². The number of rotatable bonds is 2. The number of fused-ring (bicyclic) bond motifs is 1. The van der Waals surface area contributed by atoms with Gasteiger partial charge in [-0.05, 0) is 24.3 Å². The molecule has 127 valence electrons. The van der Waals surface area contributed by atoms with E-state index in [4.69, 9.17) is 9.52 Å². The number of oxazole rings is 1. The van der Waals surface area contributed by atoms with Gasteiger partial charge in [0, 0.05) is 25.7 Å². The average Bonchev–Trinajstić information content (AvgIpc) is 3.08. The number of para-hydroxylation sites is 2. The zero-order valence-corrected chi connectivity index (χ0v) is 14.6. The summed E-state index contributed by atoms with van der Waals surface area (Å²) in [6.45, 7) is 0. The maximum absolute atomic E-state index is 10.1. The number of pyridine rings is 1. The van der Waals surface area contributed by atoms with Gasteiger partial charge in [-0.25, -0.2) is 9.78 Å². The van der Waals surface area contributed by atoms with Gasteiger partial charge in [0.2, 0.25) is 0 Å². The quantitative estimate of drug-likeness (QED) is 0.391. The van der Waals surface area contributed by atoms with Crippen LogP contribution in [0.5, 0.6) is 0 Å². The molecule has 4 aromatic rings. The number of nitrogens with zero attached hydrogens (tertiary/aromatic N) is 2. The van der Waals surface area contributed by atoms with Crippen molar-refractivity contribution >= 4 is 17.1 Å². The van der Waals surface area contributed by atoms with Crippen LogP contribution >= 0.6 is 0 Å². The van der Waals surface area contributed by atoms with Crippen molar-refractivity contribution in [3.05, 3.63) is 84.7 Å². The smallest absolute Gasteiger partial charge is 0.354 e. The normalized spacial score (nSPS) is 9.60. The largest absolute Gasteiger partial charge is 0.481 e. The molecule has 0 saturated carbocycles. The molecule has 4 rings (SSSR count). The van der Waals surface area contributed by atoms with Crippen molar-refractivity contribution in [2.75, 3.05) is 0 Å². The third-order valence-corrected chi connectivity index (χ3v) is 3.12. The van der Waals surface area contributed by atoms with E-state index in [-0.39, 0.29) is 25.2 Å². The van der Waals surface area contributed by atoms with Gasteiger partial charge in [-0.2, -0.15) is 0 Å². The number of aromatic carboxylic acids is 1. The number of aromatic nitrogens is 2. The van der Waals surface area contributed by atoms with Gasteiger partial charge in [0.25, 0.3) is 0 Å². The van der Waals surface area contributed by atoms with Crippen LogP contribution in [0.25, 0.3) is 22.6 Å². The van der Waals surface area contributed by atoms with Crippen molar-refractivity contribution in [1.29, 1.82) is 0 Å². The first kappa shape index (κ1) is 18.5. The minimum Gasteiger partial charge on any atom is -0.481 e. The minimum absolute atomic E-state index is 0. The SMILES string of the molecule is O=C(O)c1ccccn1.[Rh].[c-]1ccccc1-c1nc2ccccc2o1. The summed E-state index contributed by atoms with van der Waals surface area (Å²) in [5.41, 5.74) is 2.65. The molecule has 0 saturated heterocycles. The van der Waals surface area contributed by atoms with Gasteiger partial charge in [0.1, 0.15) is 17.2 Å². The molecule has 0 fully saturated rings. The van der Waals surface area contributed by atoms with E-state index < -0.39 is 5.97 Å². The standard InChI is InChI=1S/C13H8NO.C6H5NO2.Rh/c1-2-6-10(7-3-1)13-14-11-8-4-5-9-12(11)15-13;8-6(9)5-3-1-2-4-7-5;/h1-6,8-9H;1-4H,(H,8,9);/q-1;;. The van der Waals surface area contributed by atoms with Crippen LogP contribution in [0.4, 0.5) is 0 Å². The van der Waals surface area contributed by atoms with E-state index in [1.807, 2.05) is 48.5 Å². The van der Waals surface area contributed by atoms with E-state index in [2.05, 4.69) is 16.0 Å². The fraction of sp³-hybridized carbons (Fsp3) is 0. The second kappa shape index (κ2) is 8.85. The van der Waals surface area contributed by atoms with Gasteiger partial charge in [0.15, 0.2) is 0 Å². The van der Waals surface area contributed by atoms with Crippen LogP contribution < -0.4 is 0 Å². The Bertz CT molecular complexity index is 907. The summed E-state index contributed by atoms with van der Waals surface area (Å²) >= 11 is 0. The summed E-state index contributed by atoms with van der Waals surface area (Å²) in [7, 11) is 0. The third kappa shape index (κ3) is 4.81. The fourth-order valence-electron chi connectivity index (χ4n) is 2.00. The van der Waals surface area contributed by atoms with E-state index in [9.17, 15) is 4.79 Å². The first-order valence-corrected chi connectivity index (χ1v) is 7.21. The second-order valence-corrected chi connectivity index (χ2v) is 4.78. The Morgan fingerprint density at radius 3 is 2.36 bits per heavy atom. The monoisotopic (exact) mass is 420 g/mol. The molecular weight excluding hydrogens is 407 g/mol. The van der Waals surface area contributed by atoms with Crippen molar-refractivity contribution in [2.45, 2.75) is 0 Å². The Morgan fingerprint density at radius 2 is 1.76 bits per heavy atom. The molecule has 0 amide bonds. The maximum atomic E-state index is 10.1. The van der Waals surface area contributed by atoms with E-state index in [0.29, 0.717) is 5.89 Å². The number of benzene rings is 2. The van der Waals surface area contributed by atoms with Gasteiger partial charge >= 0.3 is 5.97 Å². The average molecular weight is 420 g/mol. The molecule has 0 bridgehead atoms. The molecule has 1 N–H and O–H groups in total. The number of hydrogen-bond donors (Lipinski definition) is 1. The van der Waals surface area contributed by atoms with Crippen LogP contribution in [0.3, 0.4) is 0 Å². The molecular formula is C19H13N2O3Rh-. The molecule has 0 spiro atoms. The topological polar surface area (TPSA) is 76.2 Å². The molecule has 2 aromatic heterocycles. The summed E-state index contributed by atoms with van der Waals surface area (Å²) in [5.74, 6) is -0.368. The van der Waals surface area contributed by atoms with Gasteiger partial charge in [-0.15, -0.1) is 30.3 Å². The van der Waals surface area contributed by atoms with E-state index >= 15 is 0 Å². The summed E-state index contributed by atoms with van der Waals surface area (Å²) in [5, 5.41) is 8.32. The van der Waals surface area contributed by atoms with Crippen LogP contribution in [-0.2, 0) is 19.5 Å². The molecule has 0 unspecified atom stereocenters. The predicted molar refractivity (Wildman–Crippen MR) is 89.5 cm³/mol. The van der Waals surface area contributed by atoms with E-state index in [1.165, 1.54) is 12.3 Å². The van der Waals surface area contributed by atoms with E-state index in [1.54, 1.807) is 12.1 Å². The van der Waals surface area contributed by atoms with Crippen molar-refractivity contribution in [3.63, 3.8) is 0 Å². The molecule has 2 aromatic carbocycles. The molecule has 6 heteroatoms. The number of carboxylic acid groups (broad SMARTS) is 1. The molecule has 5 nitrogen and oxygen atoms in total. The molecule has 0 aliphatic carbocycles. The second-order valence-electron chi connectivity index (χ2n) is 4.78. The Morgan fingerprint density at radius 1 is 1.00 bits per heavy atom. The summed E-state index contributed by atoms with van der Waals surface area (Å²) in [6, 6.07) is 23.2. The molecule has 25 heavy (non-hydrogen) atoms. The first-order chi connectivity index (χ1) is 11.7. The van der Waals surface area contributed by atoms with Crippen LogP contribution in [0.2, 0.25) is 0 Å². The Hall–Kier alpha value is -2.85. The van der Waals surface area contributed by atoms with Crippen molar-refractivity contribution in [1.82, 2.24) is 9.97 Å². The molecule has 1 radical (unpaired) electrons. The van der Waals surface area contributed by atoms with Crippen LogP contribution in [0.1, 0.15) is 10.5 Å². The fourth-order valence-corrected chi connectivity index (χ4v) is 2.00. The van der Waals surface area contributed by atoms with Crippen molar-refractivity contribution < 1.29 is 33.8 Å². The van der Waals surface area contributed by atoms with E-state index in [0.717, 1.165) is 16.7 Å². The van der Waals surface area contributed by atoms with Crippen LogP contribution in [0.15, 0.2) is 77.3 Å². The third-order valence-electron chi connectivity index (χ3n) is 3.12. The molecule has 2 heterocycles. The molecule has 0 aliphatic heterocycles. The number of carboxylic acids is 1.